The van der Waals surface area contributed by atoms with Gasteiger partial charge in [0.1, 0.15) is 0 Å². The van der Waals surface area contributed by atoms with Gasteiger partial charge in [-0.1, -0.05) is 90.5 Å². The Morgan fingerprint density at radius 3 is 1.25 bits per heavy atom. The highest BCUT2D eigenvalue weighted by molar-refractivity contribution is 5.20. The highest BCUT2D eigenvalue weighted by atomic mass is 19.3. The van der Waals surface area contributed by atoms with Gasteiger partial charge in [-0.2, -0.15) is 39.5 Å². The molecule has 0 aromatic heterocycles. The summed E-state index contributed by atoms with van der Waals surface area (Å²) >= 11 is 0. The molecule has 4 rings (SSSR count). The lowest BCUT2D eigenvalue weighted by Crippen LogP contribution is -2.38. The van der Waals surface area contributed by atoms with Gasteiger partial charge in [-0.25, -0.2) is 0 Å². The van der Waals surface area contributed by atoms with Gasteiger partial charge in [0.15, 0.2) is 5.66 Å². The summed E-state index contributed by atoms with van der Waals surface area (Å²) in [6.07, 6.45) is 27.0. The second-order valence-corrected chi connectivity index (χ2v) is 17.6. The molecule has 48 heavy (non-hydrogen) atoms. The van der Waals surface area contributed by atoms with Crippen molar-refractivity contribution in [2.75, 3.05) is 0 Å². The summed E-state index contributed by atoms with van der Waals surface area (Å²) in [6.45, 7) is 25.2. The Balaban J connectivity index is 0.000000613. The summed E-state index contributed by atoms with van der Waals surface area (Å²) in [7, 11) is 0. The van der Waals surface area contributed by atoms with E-state index in [9.17, 15) is 8.78 Å². The second-order valence-electron chi connectivity index (χ2n) is 17.6. The zero-order chi connectivity index (χ0) is 36.6. The van der Waals surface area contributed by atoms with Crippen molar-refractivity contribution in [3.8, 4) is 49.4 Å². The Labute approximate surface area is 290 Å². The summed E-state index contributed by atoms with van der Waals surface area (Å²) in [5.41, 5.74) is -1.78. The molecule has 8 nitrogen and oxygen atoms in total. The van der Waals surface area contributed by atoms with Crippen molar-refractivity contribution in [1.29, 1.82) is 0 Å². The molecule has 0 N–H and O–H groups in total. The molecule has 4 aliphatic heterocycles. The van der Waals surface area contributed by atoms with Gasteiger partial charge in [-0.05, 0) is 46.3 Å². The SMILES string of the molecule is C.C#CC(F)(F)C1(CC(C)(C)C)N=N1.C#CC1(CC(C)(C)C)N=N1.C#CCC1(CC(C)(C)C)N=N1.C#CCCC1(CCC(C)(C)C)N=N1. The number of rotatable bonds is 9. The van der Waals surface area contributed by atoms with Crippen LogP contribution in [0, 0.1) is 71.0 Å². The second kappa shape index (κ2) is 15.8. The number of hydrogen-bond acceptors (Lipinski definition) is 8. The summed E-state index contributed by atoms with van der Waals surface area (Å²) in [5, 5.41) is 30.6. The first-order valence-corrected chi connectivity index (χ1v) is 16.1. The predicted molar refractivity (Wildman–Crippen MR) is 192 cm³/mol. The third-order valence-electron chi connectivity index (χ3n) is 7.06. The van der Waals surface area contributed by atoms with Crippen LogP contribution in [-0.2, 0) is 0 Å². The maximum absolute atomic E-state index is 13.1. The molecule has 0 aliphatic carbocycles. The van der Waals surface area contributed by atoms with Gasteiger partial charge in [0.05, 0.1) is 6.42 Å². The number of terminal acetylenes is 4. The van der Waals surface area contributed by atoms with Crippen LogP contribution in [-0.4, -0.2) is 28.6 Å². The van der Waals surface area contributed by atoms with Crippen molar-refractivity contribution < 1.29 is 8.78 Å². The molecule has 0 bridgehead atoms. The van der Waals surface area contributed by atoms with E-state index in [0.717, 1.165) is 38.5 Å². The van der Waals surface area contributed by atoms with E-state index in [0.29, 0.717) is 11.8 Å². The molecule has 0 atom stereocenters. The lowest BCUT2D eigenvalue weighted by molar-refractivity contribution is 0.000402. The summed E-state index contributed by atoms with van der Waals surface area (Å²) in [4.78, 5) is 0. The molecule has 0 aromatic carbocycles. The van der Waals surface area contributed by atoms with Crippen LogP contribution in [0.5, 0.6) is 0 Å². The first-order chi connectivity index (χ1) is 21.1. The highest BCUT2D eigenvalue weighted by Gasteiger charge is 2.62. The minimum absolute atomic E-state index is 0. The molecular weight excluding hydrogens is 606 g/mol. The summed E-state index contributed by atoms with van der Waals surface area (Å²) in [6, 6.07) is 0. The fourth-order valence-electron chi connectivity index (χ4n) is 4.73. The zero-order valence-electron chi connectivity index (χ0n) is 30.8. The van der Waals surface area contributed by atoms with Gasteiger partial charge in [0, 0.05) is 32.1 Å². The lowest BCUT2D eigenvalue weighted by atomic mass is 9.84. The molecule has 0 aromatic rings. The minimum Gasteiger partial charge on any atom is -0.187 e. The molecule has 0 unspecified atom stereocenters. The third kappa shape index (κ3) is 17.1. The largest absolute Gasteiger partial charge is 0.355 e. The van der Waals surface area contributed by atoms with Crippen molar-refractivity contribution in [2.24, 2.45) is 62.6 Å². The average molecular weight is 667 g/mol. The molecule has 0 saturated heterocycles. The van der Waals surface area contributed by atoms with Gasteiger partial charge in [-0.3, -0.25) is 0 Å². The number of alkyl halides is 2. The molecule has 4 heterocycles. The molecule has 0 amide bonds. The maximum Gasteiger partial charge on any atom is 0.355 e. The van der Waals surface area contributed by atoms with E-state index in [2.05, 4.69) is 121 Å². The summed E-state index contributed by atoms with van der Waals surface area (Å²) < 4.78 is 26.2. The van der Waals surface area contributed by atoms with Gasteiger partial charge >= 0.3 is 5.92 Å². The first-order valence-electron chi connectivity index (χ1n) is 16.1. The van der Waals surface area contributed by atoms with Crippen LogP contribution < -0.4 is 0 Å². The van der Waals surface area contributed by atoms with Gasteiger partial charge in [0.25, 0.3) is 11.3 Å². The van der Waals surface area contributed by atoms with E-state index in [1.165, 1.54) is 5.92 Å². The van der Waals surface area contributed by atoms with Crippen molar-refractivity contribution in [3.05, 3.63) is 0 Å². The standard InChI is InChI=1S/C11H18N2.C9H12F2N2.C9H14N2.C8H12N2.CH4/c1-5-6-7-11(12-13-11)9-8-10(2,3)4;1-5-8(10,11)9(12-13-9)6-7(2,3)4;1-5-6-9(10-11-9)7-8(2,3)4;1-5-8(9-10-8)6-7(2,3)4;/h1H,6-9H2,2-4H3;1H,6H2,2-4H3;1H,6-7H2,2-4H3;1H,6H2,2-4H3;1H4. The van der Waals surface area contributed by atoms with Crippen LogP contribution in [0.3, 0.4) is 0 Å². The number of nitrogens with zero attached hydrogens (tertiary/aromatic N) is 8. The van der Waals surface area contributed by atoms with Gasteiger partial charge in [-0.15, -0.1) is 47.8 Å². The van der Waals surface area contributed by atoms with Crippen LogP contribution in [0.1, 0.15) is 142 Å². The van der Waals surface area contributed by atoms with Gasteiger partial charge < -0.3 is 0 Å². The molecule has 0 fully saturated rings. The maximum atomic E-state index is 13.1. The fraction of sp³-hybridized carbons (Fsp3) is 0.789. The summed E-state index contributed by atoms with van der Waals surface area (Å²) in [5.74, 6) is 6.02. The van der Waals surface area contributed by atoms with E-state index in [1.807, 2.05) is 20.8 Å². The monoisotopic (exact) mass is 666 g/mol. The topological polar surface area (TPSA) is 98.9 Å². The van der Waals surface area contributed by atoms with Crippen molar-refractivity contribution in [2.45, 2.75) is 170 Å². The molecule has 0 saturated carbocycles. The van der Waals surface area contributed by atoms with Crippen LogP contribution in [0.2, 0.25) is 0 Å². The smallest absolute Gasteiger partial charge is 0.187 e. The van der Waals surface area contributed by atoms with E-state index >= 15 is 0 Å². The fourth-order valence-corrected chi connectivity index (χ4v) is 4.73. The molecule has 0 spiro atoms. The molecule has 4 aliphatic rings. The molecule has 266 valence electrons. The molecule has 10 heteroatoms. The Kier molecular flexibility index (Phi) is 14.7. The van der Waals surface area contributed by atoms with E-state index in [1.54, 1.807) is 0 Å². The zero-order valence-corrected chi connectivity index (χ0v) is 30.8. The highest BCUT2D eigenvalue weighted by Crippen LogP contribution is 2.49. The Morgan fingerprint density at radius 1 is 0.542 bits per heavy atom. The molecule has 0 radical (unpaired) electrons. The third-order valence-corrected chi connectivity index (χ3v) is 7.06. The van der Waals surface area contributed by atoms with E-state index < -0.39 is 17.2 Å². The Bertz CT molecular complexity index is 1340. The van der Waals surface area contributed by atoms with E-state index in [-0.39, 0.29) is 41.4 Å². The Morgan fingerprint density at radius 2 is 1.00 bits per heavy atom. The van der Waals surface area contributed by atoms with Crippen LogP contribution >= 0.6 is 0 Å². The number of halogens is 2. The normalized spacial score (nSPS) is 19.0. The van der Waals surface area contributed by atoms with Crippen LogP contribution in [0.25, 0.3) is 0 Å². The van der Waals surface area contributed by atoms with Crippen molar-refractivity contribution in [1.82, 2.24) is 0 Å². The lowest BCUT2D eigenvalue weighted by Gasteiger charge is -2.25. The van der Waals surface area contributed by atoms with Crippen LogP contribution in [0.15, 0.2) is 40.9 Å². The van der Waals surface area contributed by atoms with Gasteiger partial charge in [0.2, 0.25) is 5.66 Å². The van der Waals surface area contributed by atoms with Crippen LogP contribution in [0.4, 0.5) is 8.78 Å². The minimum atomic E-state index is -3.25. The van der Waals surface area contributed by atoms with E-state index in [4.69, 9.17) is 25.7 Å². The average Bonchev–Trinajstić information content (AvgIpc) is 3.70. The predicted octanol–water partition coefficient (Wildman–Crippen LogP) is 11.7. The van der Waals surface area contributed by atoms with Crippen molar-refractivity contribution in [3.63, 3.8) is 0 Å². The Hall–Kier alpha value is -3.50. The molecular formula is C38H60F2N8. The quantitative estimate of drug-likeness (QED) is 0.219. The van der Waals surface area contributed by atoms with Crippen molar-refractivity contribution >= 4 is 0 Å². The first kappa shape index (κ1) is 44.5. The number of hydrogen-bond donors (Lipinski definition) is 0.